The monoisotopic (exact) mass is 394 g/mol. The summed E-state index contributed by atoms with van der Waals surface area (Å²) in [6, 6.07) is 0.240. The minimum atomic E-state index is -4.32. The van der Waals surface area contributed by atoms with Crippen molar-refractivity contribution in [2.24, 2.45) is 0 Å². The number of nitrogens with one attached hydrogen (secondary N) is 1. The van der Waals surface area contributed by atoms with E-state index in [9.17, 15) is 27.2 Å². The molecule has 0 bridgehead atoms. The van der Waals surface area contributed by atoms with Crippen LogP contribution >= 0.6 is 0 Å². The van der Waals surface area contributed by atoms with Gasteiger partial charge in [0, 0.05) is 25.2 Å². The van der Waals surface area contributed by atoms with Crippen molar-refractivity contribution in [3.63, 3.8) is 0 Å². The second-order valence-corrected chi connectivity index (χ2v) is 7.30. The Hall–Kier alpha value is -2.33. The zero-order valence-corrected chi connectivity index (χ0v) is 15.2. The van der Waals surface area contributed by atoms with Crippen LogP contribution in [-0.4, -0.2) is 57.2 Å². The molecule has 0 aliphatic carbocycles. The topological polar surface area (TPSA) is 76.5 Å². The highest BCUT2D eigenvalue weighted by Crippen LogP contribution is 2.24. The third kappa shape index (κ3) is 6.40. The Balaban J connectivity index is 1.99. The summed E-state index contributed by atoms with van der Waals surface area (Å²) in [4.78, 5) is 25.6. The van der Waals surface area contributed by atoms with Gasteiger partial charge in [0.2, 0.25) is 5.91 Å². The average molecular weight is 394 g/mol. The average Bonchev–Trinajstić information content (AvgIpc) is 3.09. The van der Waals surface area contributed by atoms with Crippen molar-refractivity contribution in [2.75, 3.05) is 11.9 Å². The third-order valence-electron chi connectivity index (χ3n) is 3.70. The van der Waals surface area contributed by atoms with Gasteiger partial charge < -0.3 is 10.1 Å². The molecular formula is C16H22F4N4O3. The summed E-state index contributed by atoms with van der Waals surface area (Å²) in [7, 11) is 0. The van der Waals surface area contributed by atoms with Gasteiger partial charge in [-0.1, -0.05) is 0 Å². The minimum absolute atomic E-state index is 0.0219. The first kappa shape index (κ1) is 21.0. The summed E-state index contributed by atoms with van der Waals surface area (Å²) < 4.78 is 56.7. The molecule has 7 nitrogen and oxygen atoms in total. The van der Waals surface area contributed by atoms with Gasteiger partial charge in [-0.3, -0.25) is 14.4 Å². The molecule has 0 spiro atoms. The summed E-state index contributed by atoms with van der Waals surface area (Å²) in [6.45, 7) is 4.29. The molecule has 1 N–H and O–H groups in total. The highest BCUT2D eigenvalue weighted by Gasteiger charge is 2.41. The number of ether oxygens (including phenoxy) is 1. The smallest absolute Gasteiger partial charge is 0.411 e. The Morgan fingerprint density at radius 2 is 2.00 bits per heavy atom. The molecule has 0 unspecified atom stereocenters. The maximum atomic E-state index is 13.8. The van der Waals surface area contributed by atoms with Crippen molar-refractivity contribution in [1.29, 1.82) is 0 Å². The number of halogens is 4. The number of aryl methyl sites for hydroxylation is 1. The standard InChI is InChI=1S/C16H22F4N4O3/c1-15(2,3)27-14(26)24-9-10(17)8-11(24)13(25)21-12-4-6-23(22-12)7-5-16(18,19)20/h4,6,10-11H,5,7-9H2,1-3H3,(H,21,22,25)/t10-,11+/m1/s1. The lowest BCUT2D eigenvalue weighted by Gasteiger charge is -2.27. The Kier molecular flexibility index (Phi) is 6.01. The SMILES string of the molecule is CC(C)(C)OC(=O)N1C[C@H](F)C[C@H]1C(=O)Nc1ccn(CCC(F)(F)F)n1. The maximum Gasteiger partial charge on any atom is 0.411 e. The second kappa shape index (κ2) is 7.73. The predicted octanol–water partition coefficient (Wildman–Crippen LogP) is 3.12. The largest absolute Gasteiger partial charge is 0.444 e. The van der Waals surface area contributed by atoms with Gasteiger partial charge in [-0.2, -0.15) is 18.3 Å². The number of aromatic nitrogens is 2. The van der Waals surface area contributed by atoms with Gasteiger partial charge in [0.1, 0.15) is 17.8 Å². The molecule has 1 aromatic heterocycles. The van der Waals surface area contributed by atoms with Crippen LogP contribution in [0.15, 0.2) is 12.3 Å². The van der Waals surface area contributed by atoms with E-state index in [-0.39, 0.29) is 25.3 Å². The van der Waals surface area contributed by atoms with Crippen LogP contribution < -0.4 is 5.32 Å². The molecule has 27 heavy (non-hydrogen) atoms. The summed E-state index contributed by atoms with van der Waals surface area (Å²) in [5.41, 5.74) is -0.802. The fourth-order valence-electron chi connectivity index (χ4n) is 2.56. The van der Waals surface area contributed by atoms with Crippen LogP contribution in [0.1, 0.15) is 33.6 Å². The predicted molar refractivity (Wildman–Crippen MR) is 87.8 cm³/mol. The summed E-state index contributed by atoms with van der Waals surface area (Å²) in [5.74, 6) is -0.657. The second-order valence-electron chi connectivity index (χ2n) is 7.30. The van der Waals surface area contributed by atoms with E-state index in [4.69, 9.17) is 4.74 Å². The maximum absolute atomic E-state index is 13.8. The quantitative estimate of drug-likeness (QED) is 0.796. The molecule has 1 aliphatic rings. The first-order valence-corrected chi connectivity index (χ1v) is 8.39. The molecule has 1 aromatic rings. The van der Waals surface area contributed by atoms with Crippen LogP contribution in [0.3, 0.4) is 0 Å². The number of hydrogen-bond donors (Lipinski definition) is 1. The Labute approximate surface area is 153 Å². The van der Waals surface area contributed by atoms with E-state index in [1.807, 2.05) is 0 Å². The first-order chi connectivity index (χ1) is 12.3. The summed E-state index contributed by atoms with van der Waals surface area (Å²) >= 11 is 0. The molecule has 11 heteroatoms. The normalized spacial score (nSPS) is 20.6. The fraction of sp³-hybridized carbons (Fsp3) is 0.688. The Bertz CT molecular complexity index is 684. The molecule has 0 saturated carbocycles. The van der Waals surface area contributed by atoms with Crippen LogP contribution in [0.4, 0.5) is 28.2 Å². The van der Waals surface area contributed by atoms with Gasteiger partial charge in [-0.05, 0) is 20.8 Å². The fourth-order valence-corrected chi connectivity index (χ4v) is 2.56. The lowest BCUT2D eigenvalue weighted by atomic mass is 10.2. The van der Waals surface area contributed by atoms with Crippen molar-refractivity contribution in [1.82, 2.24) is 14.7 Å². The number of anilines is 1. The summed E-state index contributed by atoms with van der Waals surface area (Å²) in [5, 5.41) is 6.23. The van der Waals surface area contributed by atoms with Crippen molar-refractivity contribution in [3.8, 4) is 0 Å². The van der Waals surface area contributed by atoms with Crippen LogP contribution in [0.25, 0.3) is 0 Å². The van der Waals surface area contributed by atoms with Crippen LogP contribution in [0.5, 0.6) is 0 Å². The van der Waals surface area contributed by atoms with Gasteiger partial charge >= 0.3 is 12.3 Å². The highest BCUT2D eigenvalue weighted by atomic mass is 19.4. The van der Waals surface area contributed by atoms with E-state index < -0.39 is 42.4 Å². The number of nitrogens with zero attached hydrogens (tertiary/aromatic N) is 3. The number of carbonyl (C=O) groups excluding carboxylic acids is 2. The molecule has 1 aliphatic heterocycles. The van der Waals surface area contributed by atoms with Crippen LogP contribution in [0, 0.1) is 0 Å². The molecule has 1 saturated heterocycles. The highest BCUT2D eigenvalue weighted by molar-refractivity contribution is 5.96. The zero-order valence-electron chi connectivity index (χ0n) is 15.2. The Morgan fingerprint density at radius 1 is 1.33 bits per heavy atom. The van der Waals surface area contributed by atoms with E-state index in [0.717, 1.165) is 9.58 Å². The van der Waals surface area contributed by atoms with Crippen LogP contribution in [0.2, 0.25) is 0 Å². The van der Waals surface area contributed by atoms with Gasteiger partial charge in [-0.15, -0.1) is 0 Å². The number of hydrogen-bond acceptors (Lipinski definition) is 4. The lowest BCUT2D eigenvalue weighted by Crippen LogP contribution is -2.45. The number of carbonyl (C=O) groups is 2. The van der Waals surface area contributed by atoms with Crippen molar-refractivity contribution < 1.29 is 31.9 Å². The third-order valence-corrected chi connectivity index (χ3v) is 3.70. The first-order valence-electron chi connectivity index (χ1n) is 8.39. The summed E-state index contributed by atoms with van der Waals surface area (Å²) in [6.07, 6.45) is -6.46. The lowest BCUT2D eigenvalue weighted by molar-refractivity contribution is -0.137. The number of likely N-dealkylation sites (tertiary alicyclic amines) is 1. The molecular weight excluding hydrogens is 372 g/mol. The number of rotatable bonds is 4. The van der Waals surface area contributed by atoms with E-state index in [1.54, 1.807) is 20.8 Å². The van der Waals surface area contributed by atoms with Crippen molar-refractivity contribution >= 4 is 17.8 Å². The molecule has 1 fully saturated rings. The van der Waals surface area contributed by atoms with Crippen LogP contribution in [-0.2, 0) is 16.1 Å². The Morgan fingerprint density at radius 3 is 2.59 bits per heavy atom. The van der Waals surface area contributed by atoms with Crippen molar-refractivity contribution in [2.45, 2.75) is 64.1 Å². The molecule has 0 radical (unpaired) electrons. The van der Waals surface area contributed by atoms with Gasteiger partial charge in [-0.25, -0.2) is 9.18 Å². The molecule has 2 atom stereocenters. The van der Waals surface area contributed by atoms with Gasteiger partial charge in [0.25, 0.3) is 0 Å². The van der Waals surface area contributed by atoms with E-state index in [0.29, 0.717) is 0 Å². The van der Waals surface area contributed by atoms with Crippen molar-refractivity contribution in [3.05, 3.63) is 12.3 Å². The van der Waals surface area contributed by atoms with E-state index in [2.05, 4.69) is 10.4 Å². The van der Waals surface area contributed by atoms with Gasteiger partial charge in [0.15, 0.2) is 5.82 Å². The number of amides is 2. The molecule has 2 amide bonds. The molecule has 0 aromatic carbocycles. The number of alkyl halides is 4. The molecule has 152 valence electrons. The minimum Gasteiger partial charge on any atom is -0.444 e. The molecule has 2 heterocycles. The van der Waals surface area contributed by atoms with Gasteiger partial charge in [0.05, 0.1) is 13.0 Å². The van der Waals surface area contributed by atoms with E-state index >= 15 is 0 Å². The zero-order chi connectivity index (χ0) is 20.4. The molecule has 2 rings (SSSR count). The van der Waals surface area contributed by atoms with E-state index in [1.165, 1.54) is 12.3 Å².